The minimum absolute atomic E-state index is 0.802. The first kappa shape index (κ1) is 14.5. The minimum Gasteiger partial charge on any atom is -0.335 e. The molecule has 0 bridgehead atoms. The number of hydrogen-bond donors (Lipinski definition) is 0. The van der Waals surface area contributed by atoms with Gasteiger partial charge in [-0.15, -0.1) is 0 Å². The quantitative estimate of drug-likeness (QED) is 0.806. The van der Waals surface area contributed by atoms with E-state index in [1.807, 2.05) is 25.3 Å². The van der Waals surface area contributed by atoms with Crippen LogP contribution in [-0.2, 0) is 6.54 Å². The molecule has 1 aromatic heterocycles. The number of anilines is 1. The van der Waals surface area contributed by atoms with E-state index in [4.69, 9.17) is 0 Å². The summed E-state index contributed by atoms with van der Waals surface area (Å²) >= 11 is 0. The van der Waals surface area contributed by atoms with E-state index < -0.39 is 0 Å². The van der Waals surface area contributed by atoms with Gasteiger partial charge in [0, 0.05) is 31.5 Å². The minimum atomic E-state index is 0.802. The molecule has 1 aromatic carbocycles. The Morgan fingerprint density at radius 2 is 1.75 bits per heavy atom. The molecule has 0 saturated heterocycles. The van der Waals surface area contributed by atoms with Gasteiger partial charge in [0.25, 0.3) is 0 Å². The summed E-state index contributed by atoms with van der Waals surface area (Å²) in [5.41, 5.74) is 2.27. The molecule has 0 atom stereocenters. The average Bonchev–Trinajstić information content (AvgIpc) is 2.44. The van der Waals surface area contributed by atoms with E-state index >= 15 is 0 Å². The van der Waals surface area contributed by atoms with E-state index in [0.29, 0.717) is 0 Å². The summed E-state index contributed by atoms with van der Waals surface area (Å²) in [4.78, 5) is 13.4. The molecule has 0 unspecified atom stereocenters. The molecular formula is C16H22N4. The monoisotopic (exact) mass is 270 g/mol. The van der Waals surface area contributed by atoms with E-state index in [1.54, 1.807) is 0 Å². The van der Waals surface area contributed by atoms with E-state index in [9.17, 15) is 0 Å². The molecule has 0 amide bonds. The Morgan fingerprint density at radius 3 is 2.40 bits per heavy atom. The Morgan fingerprint density at radius 1 is 1.00 bits per heavy atom. The van der Waals surface area contributed by atoms with E-state index in [-0.39, 0.29) is 0 Å². The molecule has 0 aliphatic carbocycles. The molecule has 20 heavy (non-hydrogen) atoms. The molecule has 2 rings (SSSR count). The predicted molar refractivity (Wildman–Crippen MR) is 82.8 cm³/mol. The summed E-state index contributed by atoms with van der Waals surface area (Å²) in [7, 11) is 4.16. The molecule has 4 nitrogen and oxygen atoms in total. The van der Waals surface area contributed by atoms with Gasteiger partial charge in [0.05, 0.1) is 0 Å². The van der Waals surface area contributed by atoms with Crippen LogP contribution in [-0.4, -0.2) is 42.1 Å². The van der Waals surface area contributed by atoms with Crippen molar-refractivity contribution in [1.82, 2.24) is 14.9 Å². The fraction of sp³-hybridized carbons (Fsp3) is 0.375. The highest BCUT2D eigenvalue weighted by Crippen LogP contribution is 2.12. The smallest absolute Gasteiger partial charge is 0.225 e. The van der Waals surface area contributed by atoms with Gasteiger partial charge in [0.2, 0.25) is 5.95 Å². The number of rotatable bonds is 6. The first-order valence-corrected chi connectivity index (χ1v) is 6.88. The molecule has 0 aliphatic heterocycles. The highest BCUT2D eigenvalue weighted by molar-refractivity contribution is 5.32. The zero-order chi connectivity index (χ0) is 14.4. The Kier molecular flexibility index (Phi) is 5.07. The standard InChI is InChI=1S/C16H22N4/c1-14-9-10-17-16(18-14)20(12-11-19(2)3)13-15-7-5-4-6-8-15/h4-10H,11-13H2,1-3H3. The van der Waals surface area contributed by atoms with Crippen molar-refractivity contribution in [3.63, 3.8) is 0 Å². The molecule has 0 fully saturated rings. The molecule has 0 spiro atoms. The summed E-state index contributed by atoms with van der Waals surface area (Å²) in [6.07, 6.45) is 1.82. The molecule has 0 saturated carbocycles. The predicted octanol–water partition coefficient (Wildman–Crippen LogP) is 2.35. The lowest BCUT2D eigenvalue weighted by Crippen LogP contribution is -2.32. The van der Waals surface area contributed by atoms with Crippen LogP contribution in [0.1, 0.15) is 11.3 Å². The van der Waals surface area contributed by atoms with Gasteiger partial charge >= 0.3 is 0 Å². The number of benzene rings is 1. The first-order chi connectivity index (χ1) is 9.65. The van der Waals surface area contributed by atoms with Crippen LogP contribution >= 0.6 is 0 Å². The van der Waals surface area contributed by atoms with Crippen LogP contribution in [0.3, 0.4) is 0 Å². The second kappa shape index (κ2) is 7.01. The molecule has 1 heterocycles. The molecular weight excluding hydrogens is 248 g/mol. The van der Waals surface area contributed by atoms with Gasteiger partial charge in [-0.1, -0.05) is 30.3 Å². The number of aromatic nitrogens is 2. The molecule has 2 aromatic rings. The Bertz CT molecular complexity index is 525. The molecule has 0 aliphatic rings. The van der Waals surface area contributed by atoms with E-state index in [0.717, 1.165) is 31.3 Å². The van der Waals surface area contributed by atoms with Crippen molar-refractivity contribution in [3.8, 4) is 0 Å². The van der Waals surface area contributed by atoms with Crippen molar-refractivity contribution in [2.24, 2.45) is 0 Å². The van der Waals surface area contributed by atoms with Crippen LogP contribution in [0.4, 0.5) is 5.95 Å². The number of likely N-dealkylation sites (N-methyl/N-ethyl adjacent to an activating group) is 1. The SMILES string of the molecule is Cc1ccnc(N(CCN(C)C)Cc2ccccc2)n1. The average molecular weight is 270 g/mol. The number of aryl methyl sites for hydroxylation is 1. The van der Waals surface area contributed by atoms with Crippen molar-refractivity contribution in [1.29, 1.82) is 0 Å². The summed E-state index contributed by atoms with van der Waals surface area (Å²) in [6.45, 7) is 4.71. The third kappa shape index (κ3) is 4.31. The zero-order valence-electron chi connectivity index (χ0n) is 12.5. The zero-order valence-corrected chi connectivity index (χ0v) is 12.5. The maximum absolute atomic E-state index is 4.54. The second-order valence-corrected chi connectivity index (χ2v) is 5.21. The van der Waals surface area contributed by atoms with Crippen molar-refractivity contribution in [3.05, 3.63) is 53.9 Å². The molecule has 106 valence electrons. The van der Waals surface area contributed by atoms with Gasteiger partial charge in [-0.05, 0) is 32.6 Å². The van der Waals surface area contributed by atoms with E-state index in [1.165, 1.54) is 5.56 Å². The van der Waals surface area contributed by atoms with Crippen LogP contribution in [0.2, 0.25) is 0 Å². The second-order valence-electron chi connectivity index (χ2n) is 5.21. The lowest BCUT2D eigenvalue weighted by Gasteiger charge is -2.24. The van der Waals surface area contributed by atoms with Crippen molar-refractivity contribution >= 4 is 5.95 Å². The Hall–Kier alpha value is -1.94. The van der Waals surface area contributed by atoms with Crippen molar-refractivity contribution in [2.45, 2.75) is 13.5 Å². The first-order valence-electron chi connectivity index (χ1n) is 6.88. The van der Waals surface area contributed by atoms with Crippen LogP contribution in [0.15, 0.2) is 42.6 Å². The van der Waals surface area contributed by atoms with Crippen LogP contribution in [0.25, 0.3) is 0 Å². The fourth-order valence-corrected chi connectivity index (χ4v) is 1.96. The van der Waals surface area contributed by atoms with Gasteiger partial charge in [0.15, 0.2) is 0 Å². The molecule has 4 heteroatoms. The normalized spacial score (nSPS) is 10.8. The third-order valence-corrected chi connectivity index (χ3v) is 3.10. The van der Waals surface area contributed by atoms with Crippen molar-refractivity contribution in [2.75, 3.05) is 32.1 Å². The molecule has 0 radical (unpaired) electrons. The van der Waals surface area contributed by atoms with Crippen LogP contribution in [0, 0.1) is 6.92 Å². The summed E-state index contributed by atoms with van der Waals surface area (Å²) in [5.74, 6) is 0.802. The molecule has 0 N–H and O–H groups in total. The summed E-state index contributed by atoms with van der Waals surface area (Å²) in [5, 5.41) is 0. The van der Waals surface area contributed by atoms with Gasteiger partial charge in [0.1, 0.15) is 0 Å². The van der Waals surface area contributed by atoms with Crippen LogP contribution < -0.4 is 4.90 Å². The van der Waals surface area contributed by atoms with Gasteiger partial charge in [-0.3, -0.25) is 0 Å². The fourth-order valence-electron chi connectivity index (χ4n) is 1.96. The highest BCUT2D eigenvalue weighted by Gasteiger charge is 2.10. The van der Waals surface area contributed by atoms with Crippen LogP contribution in [0.5, 0.6) is 0 Å². The van der Waals surface area contributed by atoms with Gasteiger partial charge in [-0.25, -0.2) is 9.97 Å². The van der Waals surface area contributed by atoms with Crippen molar-refractivity contribution < 1.29 is 0 Å². The topological polar surface area (TPSA) is 32.3 Å². The number of hydrogen-bond acceptors (Lipinski definition) is 4. The third-order valence-electron chi connectivity index (χ3n) is 3.10. The summed E-state index contributed by atoms with van der Waals surface area (Å²) in [6, 6.07) is 12.4. The maximum Gasteiger partial charge on any atom is 0.225 e. The highest BCUT2D eigenvalue weighted by atomic mass is 15.3. The Labute approximate surface area is 121 Å². The van der Waals surface area contributed by atoms with E-state index in [2.05, 4.69) is 58.1 Å². The lowest BCUT2D eigenvalue weighted by atomic mass is 10.2. The van der Waals surface area contributed by atoms with Gasteiger partial charge < -0.3 is 9.80 Å². The van der Waals surface area contributed by atoms with Gasteiger partial charge in [-0.2, -0.15) is 0 Å². The Balaban J connectivity index is 2.16. The number of nitrogens with zero attached hydrogens (tertiary/aromatic N) is 4. The lowest BCUT2D eigenvalue weighted by molar-refractivity contribution is 0.411. The summed E-state index contributed by atoms with van der Waals surface area (Å²) < 4.78 is 0. The maximum atomic E-state index is 4.54. The largest absolute Gasteiger partial charge is 0.335 e.